The van der Waals surface area contributed by atoms with Crippen LogP contribution >= 0.6 is 22.6 Å². The lowest BCUT2D eigenvalue weighted by Gasteiger charge is -2.02. The van der Waals surface area contributed by atoms with Crippen molar-refractivity contribution in [1.29, 1.82) is 0 Å². The maximum atomic E-state index is 12.3. The van der Waals surface area contributed by atoms with Crippen LogP contribution < -0.4 is 0 Å². The van der Waals surface area contributed by atoms with Gasteiger partial charge in [-0.25, -0.2) is 8.78 Å². The Kier molecular flexibility index (Phi) is 3.07. The minimum atomic E-state index is -2.85. The minimum Gasteiger partial charge on any atom is -0.258 e. The second-order valence-electron chi connectivity index (χ2n) is 2.11. The largest absolute Gasteiger partial charge is 0.297 e. The Morgan fingerprint density at radius 2 is 2.15 bits per heavy atom. The molecule has 0 bridgehead atoms. The highest BCUT2D eigenvalue weighted by Crippen LogP contribution is 2.31. The molecule has 0 fully saturated rings. The molecule has 0 aliphatic rings. The van der Waals surface area contributed by atoms with Gasteiger partial charge in [0.05, 0.1) is 4.92 Å². The Morgan fingerprint density at radius 1 is 1.54 bits per heavy atom. The molecule has 0 unspecified atom stereocenters. The molecule has 0 aliphatic heterocycles. The zero-order valence-electron chi connectivity index (χ0n) is 6.08. The molecule has 0 atom stereocenters. The van der Waals surface area contributed by atoms with Crippen LogP contribution in [0, 0.1) is 13.7 Å². The monoisotopic (exact) mass is 300 g/mol. The van der Waals surface area contributed by atoms with Crippen LogP contribution in [0.5, 0.6) is 0 Å². The number of rotatable bonds is 2. The zero-order chi connectivity index (χ0) is 10.0. The number of alkyl halides is 2. The van der Waals surface area contributed by atoms with E-state index >= 15 is 0 Å². The van der Waals surface area contributed by atoms with Crippen LogP contribution in [0.1, 0.15) is 12.0 Å². The predicted octanol–water partition coefficient (Wildman–Crippen LogP) is 2.53. The van der Waals surface area contributed by atoms with Crippen LogP contribution in [0.3, 0.4) is 0 Å². The maximum Gasteiger partial charge on any atom is 0.297 e. The van der Waals surface area contributed by atoms with E-state index in [-0.39, 0.29) is 3.57 Å². The second kappa shape index (κ2) is 3.90. The van der Waals surface area contributed by atoms with Crippen LogP contribution in [-0.2, 0) is 0 Å². The SMILES string of the molecule is O=[N+]([O-])c1cncc(I)c1C(F)F. The van der Waals surface area contributed by atoms with Crippen molar-refractivity contribution in [2.75, 3.05) is 0 Å². The Bertz CT molecular complexity index is 345. The summed E-state index contributed by atoms with van der Waals surface area (Å²) in [4.78, 5) is 12.9. The molecule has 7 heteroatoms. The number of hydrogen-bond donors (Lipinski definition) is 0. The molecule has 0 aliphatic carbocycles. The molecule has 0 radical (unpaired) electrons. The topological polar surface area (TPSA) is 56.0 Å². The number of halogens is 3. The van der Waals surface area contributed by atoms with Gasteiger partial charge in [-0.05, 0) is 22.6 Å². The average Bonchev–Trinajstić information content (AvgIpc) is 2.02. The molecule has 0 saturated carbocycles. The first-order chi connectivity index (χ1) is 6.04. The van der Waals surface area contributed by atoms with E-state index in [4.69, 9.17) is 0 Å². The summed E-state index contributed by atoms with van der Waals surface area (Å²) in [6.45, 7) is 0. The summed E-state index contributed by atoms with van der Waals surface area (Å²) < 4.78 is 24.7. The lowest BCUT2D eigenvalue weighted by atomic mass is 10.2. The number of pyridine rings is 1. The van der Waals surface area contributed by atoms with Gasteiger partial charge in [0.25, 0.3) is 12.1 Å². The lowest BCUT2D eigenvalue weighted by molar-refractivity contribution is -0.386. The second-order valence-corrected chi connectivity index (χ2v) is 3.27. The van der Waals surface area contributed by atoms with Gasteiger partial charge in [-0.3, -0.25) is 15.1 Å². The van der Waals surface area contributed by atoms with E-state index in [2.05, 4.69) is 4.98 Å². The van der Waals surface area contributed by atoms with Gasteiger partial charge < -0.3 is 0 Å². The van der Waals surface area contributed by atoms with Gasteiger partial charge >= 0.3 is 0 Å². The Hall–Kier alpha value is -0.860. The molecule has 0 spiro atoms. The van der Waals surface area contributed by atoms with Crippen LogP contribution in [-0.4, -0.2) is 9.91 Å². The number of nitrogens with zero attached hydrogens (tertiary/aromatic N) is 2. The normalized spacial score (nSPS) is 10.5. The van der Waals surface area contributed by atoms with Crippen molar-refractivity contribution in [3.8, 4) is 0 Å². The molecule has 0 aromatic carbocycles. The van der Waals surface area contributed by atoms with Crippen molar-refractivity contribution in [1.82, 2.24) is 4.98 Å². The quantitative estimate of drug-likeness (QED) is 0.479. The fourth-order valence-corrected chi connectivity index (χ4v) is 1.47. The molecular formula is C6H3F2IN2O2. The summed E-state index contributed by atoms with van der Waals surface area (Å²) in [5, 5.41) is 10.3. The summed E-state index contributed by atoms with van der Waals surface area (Å²) in [5.41, 5.74) is -1.21. The Labute approximate surface area is 85.3 Å². The summed E-state index contributed by atoms with van der Waals surface area (Å²) in [5.74, 6) is 0. The third-order valence-electron chi connectivity index (χ3n) is 1.33. The van der Waals surface area contributed by atoms with Crippen LogP contribution in [0.2, 0.25) is 0 Å². The van der Waals surface area contributed by atoms with Gasteiger partial charge in [0.15, 0.2) is 0 Å². The predicted molar refractivity (Wildman–Crippen MR) is 48.6 cm³/mol. The van der Waals surface area contributed by atoms with E-state index in [1.807, 2.05) is 0 Å². The van der Waals surface area contributed by atoms with Crippen molar-refractivity contribution < 1.29 is 13.7 Å². The van der Waals surface area contributed by atoms with Crippen LogP contribution in [0.15, 0.2) is 12.4 Å². The van der Waals surface area contributed by atoms with Crippen molar-refractivity contribution in [2.24, 2.45) is 0 Å². The third kappa shape index (κ3) is 2.08. The molecule has 1 aromatic rings. The maximum absolute atomic E-state index is 12.3. The minimum absolute atomic E-state index is 0.0989. The van der Waals surface area contributed by atoms with E-state index in [9.17, 15) is 18.9 Å². The van der Waals surface area contributed by atoms with Crippen molar-refractivity contribution in [3.05, 3.63) is 31.6 Å². The molecule has 0 N–H and O–H groups in total. The highest BCUT2D eigenvalue weighted by molar-refractivity contribution is 14.1. The summed E-state index contributed by atoms with van der Waals surface area (Å²) >= 11 is 1.59. The van der Waals surface area contributed by atoms with Crippen LogP contribution in [0.4, 0.5) is 14.5 Å². The van der Waals surface area contributed by atoms with Crippen molar-refractivity contribution in [3.63, 3.8) is 0 Å². The summed E-state index contributed by atoms with van der Waals surface area (Å²) in [7, 11) is 0. The average molecular weight is 300 g/mol. The molecule has 1 heterocycles. The van der Waals surface area contributed by atoms with E-state index < -0.39 is 22.6 Å². The van der Waals surface area contributed by atoms with Crippen molar-refractivity contribution >= 4 is 28.3 Å². The van der Waals surface area contributed by atoms with Gasteiger partial charge in [-0.15, -0.1) is 0 Å². The molecule has 0 saturated heterocycles. The third-order valence-corrected chi connectivity index (χ3v) is 2.19. The van der Waals surface area contributed by atoms with Gasteiger partial charge in [0, 0.05) is 9.77 Å². The zero-order valence-corrected chi connectivity index (χ0v) is 8.23. The summed E-state index contributed by atoms with van der Waals surface area (Å²) in [6, 6.07) is 0. The fourth-order valence-electron chi connectivity index (χ4n) is 0.796. The molecule has 70 valence electrons. The first-order valence-corrected chi connectivity index (χ1v) is 4.18. The number of hydrogen-bond acceptors (Lipinski definition) is 3. The van der Waals surface area contributed by atoms with E-state index in [1.54, 1.807) is 22.6 Å². The van der Waals surface area contributed by atoms with Crippen molar-refractivity contribution in [2.45, 2.75) is 6.43 Å². The number of aromatic nitrogens is 1. The Morgan fingerprint density at radius 3 is 2.54 bits per heavy atom. The molecular weight excluding hydrogens is 297 g/mol. The number of nitro groups is 1. The molecule has 0 amide bonds. The Balaban J connectivity index is 3.34. The standard InChI is InChI=1S/C6H3F2IN2O2/c7-6(8)5-3(9)1-10-2-4(5)11(12)13/h1-2,6H. The summed E-state index contributed by atoms with van der Waals surface area (Å²) in [6.07, 6.45) is -0.867. The van der Waals surface area contributed by atoms with E-state index in [0.717, 1.165) is 12.4 Å². The lowest BCUT2D eigenvalue weighted by Crippen LogP contribution is -1.99. The first kappa shape index (κ1) is 10.2. The van der Waals surface area contributed by atoms with Crippen LogP contribution in [0.25, 0.3) is 0 Å². The molecule has 1 rings (SSSR count). The molecule has 13 heavy (non-hydrogen) atoms. The highest BCUT2D eigenvalue weighted by Gasteiger charge is 2.24. The van der Waals surface area contributed by atoms with Gasteiger partial charge in [0.2, 0.25) is 0 Å². The smallest absolute Gasteiger partial charge is 0.258 e. The molecule has 1 aromatic heterocycles. The van der Waals surface area contributed by atoms with E-state index in [1.165, 1.54) is 0 Å². The first-order valence-electron chi connectivity index (χ1n) is 3.10. The van der Waals surface area contributed by atoms with Gasteiger partial charge in [0.1, 0.15) is 11.8 Å². The fraction of sp³-hybridized carbons (Fsp3) is 0.167. The van der Waals surface area contributed by atoms with Gasteiger partial charge in [-0.1, -0.05) is 0 Å². The molecule has 4 nitrogen and oxygen atoms in total. The highest BCUT2D eigenvalue weighted by atomic mass is 127. The van der Waals surface area contributed by atoms with E-state index in [0.29, 0.717) is 0 Å². The van der Waals surface area contributed by atoms with Gasteiger partial charge in [-0.2, -0.15) is 0 Å².